The van der Waals surface area contributed by atoms with Gasteiger partial charge in [-0.05, 0) is 29.6 Å². The minimum atomic E-state index is -1.22. The molecular formula is C26H26O10S. The van der Waals surface area contributed by atoms with E-state index in [1.54, 1.807) is 25.1 Å². The number of esters is 3. The molecule has 37 heavy (non-hydrogen) atoms. The van der Waals surface area contributed by atoms with Gasteiger partial charge in [0, 0.05) is 43.0 Å². The minimum absolute atomic E-state index is 0.126. The molecule has 0 spiro atoms. The van der Waals surface area contributed by atoms with Gasteiger partial charge in [0.25, 0.3) is 0 Å². The molecule has 5 atom stereocenters. The van der Waals surface area contributed by atoms with E-state index in [2.05, 4.69) is 0 Å². The number of benzene rings is 1. The van der Waals surface area contributed by atoms with Crippen LogP contribution in [0.3, 0.4) is 0 Å². The lowest BCUT2D eigenvalue weighted by atomic mass is 9.90. The second kappa shape index (κ2) is 11.1. The van der Waals surface area contributed by atoms with Crippen LogP contribution in [0, 0.1) is 5.92 Å². The van der Waals surface area contributed by atoms with E-state index in [9.17, 15) is 19.2 Å². The number of hydrogen-bond donors (Lipinski definition) is 0. The Labute approximate surface area is 216 Å². The maximum absolute atomic E-state index is 12.6. The molecule has 0 radical (unpaired) electrons. The Bertz CT molecular complexity index is 1350. The van der Waals surface area contributed by atoms with Crippen molar-refractivity contribution in [1.82, 2.24) is 0 Å². The van der Waals surface area contributed by atoms with Crippen LogP contribution < -0.4 is 10.4 Å². The van der Waals surface area contributed by atoms with Crippen LogP contribution >= 0.6 is 11.3 Å². The highest BCUT2D eigenvalue weighted by Crippen LogP contribution is 2.33. The summed E-state index contributed by atoms with van der Waals surface area (Å²) in [4.78, 5) is 48.5. The normalized spacial score (nSPS) is 23.3. The summed E-state index contributed by atoms with van der Waals surface area (Å²) in [6.45, 7) is 5.32. The van der Waals surface area contributed by atoms with Gasteiger partial charge >= 0.3 is 23.5 Å². The van der Waals surface area contributed by atoms with E-state index in [0.717, 1.165) is 4.88 Å². The zero-order valence-corrected chi connectivity index (χ0v) is 21.4. The SMILES string of the molecule is CC(=O)OCC1OC(Oc2ccc3cc(-c4cccs4)c(=O)oc3c2)C(OC(C)=O)C(OC(C)=O)C1C. The highest BCUT2D eigenvalue weighted by molar-refractivity contribution is 7.13. The molecule has 0 aliphatic carbocycles. The summed E-state index contributed by atoms with van der Waals surface area (Å²) in [7, 11) is 0. The molecule has 5 unspecified atom stereocenters. The second-order valence-electron chi connectivity index (χ2n) is 8.60. The molecule has 10 nitrogen and oxygen atoms in total. The summed E-state index contributed by atoms with van der Waals surface area (Å²) in [6.07, 6.45) is -4.00. The molecule has 4 rings (SSSR count). The predicted molar refractivity (Wildman–Crippen MR) is 132 cm³/mol. The third-order valence-electron chi connectivity index (χ3n) is 5.81. The topological polar surface area (TPSA) is 128 Å². The van der Waals surface area contributed by atoms with Crippen molar-refractivity contribution in [3.8, 4) is 16.2 Å². The number of carbonyl (C=O) groups excluding carboxylic acids is 3. The van der Waals surface area contributed by atoms with Crippen molar-refractivity contribution in [2.24, 2.45) is 5.92 Å². The summed E-state index contributed by atoms with van der Waals surface area (Å²) < 4.78 is 33.6. The van der Waals surface area contributed by atoms with Crippen LogP contribution in [0.2, 0.25) is 0 Å². The fourth-order valence-corrected chi connectivity index (χ4v) is 4.84. The van der Waals surface area contributed by atoms with Crippen LogP contribution in [0.15, 0.2) is 51.0 Å². The molecule has 1 aliphatic heterocycles. The van der Waals surface area contributed by atoms with Crippen LogP contribution in [0.4, 0.5) is 0 Å². The van der Waals surface area contributed by atoms with Gasteiger partial charge in [0.05, 0.1) is 5.56 Å². The Morgan fingerprint density at radius 3 is 2.35 bits per heavy atom. The number of thiophene rings is 1. The van der Waals surface area contributed by atoms with Gasteiger partial charge in [-0.1, -0.05) is 13.0 Å². The fraction of sp³-hybridized carbons (Fsp3) is 0.385. The number of ether oxygens (including phenoxy) is 5. The fourth-order valence-electron chi connectivity index (χ4n) is 4.11. The molecule has 1 aliphatic rings. The van der Waals surface area contributed by atoms with Crippen molar-refractivity contribution in [3.63, 3.8) is 0 Å². The number of fused-ring (bicyclic) bond motifs is 1. The summed E-state index contributed by atoms with van der Waals surface area (Å²) in [5, 5.41) is 2.55. The largest absolute Gasteiger partial charge is 0.463 e. The predicted octanol–water partition coefficient (Wildman–Crippen LogP) is 3.69. The third kappa shape index (κ3) is 6.17. The summed E-state index contributed by atoms with van der Waals surface area (Å²) >= 11 is 1.43. The molecule has 2 aromatic heterocycles. The van der Waals surface area contributed by atoms with E-state index in [-0.39, 0.29) is 17.9 Å². The van der Waals surface area contributed by atoms with E-state index in [1.165, 1.54) is 38.2 Å². The lowest BCUT2D eigenvalue weighted by molar-refractivity contribution is -0.271. The first kappa shape index (κ1) is 26.4. The number of rotatable bonds is 7. The standard InChI is InChI=1S/C26H26O10S/c1-13-21(12-31-14(2)27)36-26(24(33-16(4)29)23(13)32-15(3)28)34-18-8-7-17-10-19(22-6-5-9-37-22)25(30)35-20(17)11-18/h5-11,13,21,23-24,26H,12H2,1-4H3. The molecule has 0 N–H and O–H groups in total. The summed E-state index contributed by atoms with van der Waals surface area (Å²) in [5.74, 6) is -1.97. The Balaban J connectivity index is 1.65. The van der Waals surface area contributed by atoms with Gasteiger partial charge in [-0.3, -0.25) is 14.4 Å². The van der Waals surface area contributed by atoms with Crippen molar-refractivity contribution >= 4 is 40.2 Å². The maximum atomic E-state index is 12.6. The molecule has 0 bridgehead atoms. The Morgan fingerprint density at radius 2 is 1.70 bits per heavy atom. The number of carbonyl (C=O) groups is 3. The molecule has 1 fully saturated rings. The zero-order chi connectivity index (χ0) is 26.7. The summed E-state index contributed by atoms with van der Waals surface area (Å²) in [5.41, 5.74) is 0.237. The molecule has 1 saturated heterocycles. The van der Waals surface area contributed by atoms with Crippen LogP contribution in [-0.2, 0) is 33.3 Å². The average molecular weight is 531 g/mol. The first-order chi connectivity index (χ1) is 17.6. The van der Waals surface area contributed by atoms with Gasteiger partial charge in [0.15, 0.2) is 0 Å². The van der Waals surface area contributed by atoms with Gasteiger partial charge in [-0.15, -0.1) is 11.3 Å². The van der Waals surface area contributed by atoms with Gasteiger partial charge in [-0.2, -0.15) is 0 Å². The quantitative estimate of drug-likeness (QED) is 0.253. The van der Waals surface area contributed by atoms with Gasteiger partial charge in [-0.25, -0.2) is 4.79 Å². The van der Waals surface area contributed by atoms with Gasteiger partial charge in [0.2, 0.25) is 12.4 Å². The van der Waals surface area contributed by atoms with Gasteiger partial charge in [0.1, 0.15) is 30.1 Å². The molecule has 3 heterocycles. The Hall–Kier alpha value is -3.70. The molecule has 3 aromatic rings. The zero-order valence-electron chi connectivity index (χ0n) is 20.6. The van der Waals surface area contributed by atoms with E-state index in [0.29, 0.717) is 10.9 Å². The van der Waals surface area contributed by atoms with E-state index >= 15 is 0 Å². The van der Waals surface area contributed by atoms with E-state index in [4.69, 9.17) is 28.1 Å². The van der Waals surface area contributed by atoms with E-state index in [1.807, 2.05) is 17.5 Å². The molecule has 196 valence electrons. The van der Waals surface area contributed by atoms with Crippen LogP contribution in [-0.4, -0.2) is 49.1 Å². The van der Waals surface area contributed by atoms with Crippen molar-refractivity contribution in [2.75, 3.05) is 6.61 Å². The van der Waals surface area contributed by atoms with E-state index < -0.39 is 54.1 Å². The molecule has 1 aromatic carbocycles. The van der Waals surface area contributed by atoms with Crippen molar-refractivity contribution < 1.29 is 42.5 Å². The van der Waals surface area contributed by atoms with Crippen molar-refractivity contribution in [1.29, 1.82) is 0 Å². The monoisotopic (exact) mass is 530 g/mol. The van der Waals surface area contributed by atoms with Crippen molar-refractivity contribution in [3.05, 3.63) is 52.2 Å². The lowest BCUT2D eigenvalue weighted by Gasteiger charge is -2.43. The maximum Gasteiger partial charge on any atom is 0.345 e. The van der Waals surface area contributed by atoms with Crippen LogP contribution in [0.5, 0.6) is 5.75 Å². The van der Waals surface area contributed by atoms with Crippen LogP contribution in [0.1, 0.15) is 27.7 Å². The molecular weight excluding hydrogens is 504 g/mol. The van der Waals surface area contributed by atoms with Crippen LogP contribution in [0.25, 0.3) is 21.4 Å². The average Bonchev–Trinajstić information content (AvgIpc) is 3.36. The molecule has 0 saturated carbocycles. The molecule has 11 heteroatoms. The Kier molecular flexibility index (Phi) is 7.94. The lowest BCUT2D eigenvalue weighted by Crippen LogP contribution is -2.59. The second-order valence-corrected chi connectivity index (χ2v) is 9.54. The first-order valence-electron chi connectivity index (χ1n) is 11.5. The third-order valence-corrected chi connectivity index (χ3v) is 6.71. The van der Waals surface area contributed by atoms with Crippen molar-refractivity contribution in [2.45, 2.75) is 52.3 Å². The van der Waals surface area contributed by atoms with Gasteiger partial charge < -0.3 is 28.1 Å². The Morgan fingerprint density at radius 1 is 0.973 bits per heavy atom. The minimum Gasteiger partial charge on any atom is -0.463 e. The summed E-state index contributed by atoms with van der Waals surface area (Å²) in [6, 6.07) is 10.3. The highest BCUT2D eigenvalue weighted by Gasteiger charge is 2.49. The smallest absolute Gasteiger partial charge is 0.345 e. The highest BCUT2D eigenvalue weighted by atomic mass is 32.1. The number of hydrogen-bond acceptors (Lipinski definition) is 11. The first-order valence-corrected chi connectivity index (χ1v) is 12.4. The molecule has 0 amide bonds.